The first-order valence-corrected chi connectivity index (χ1v) is 3.80. The molecule has 0 unspecified atom stereocenters. The predicted octanol–water partition coefficient (Wildman–Crippen LogP) is 2.60. The lowest BCUT2D eigenvalue weighted by molar-refractivity contribution is 0.878. The second kappa shape index (κ2) is 5.29. The van der Waals surface area contributed by atoms with Crippen molar-refractivity contribution in [2.24, 2.45) is 0 Å². The zero-order chi connectivity index (χ0) is 7.98. The van der Waals surface area contributed by atoms with Gasteiger partial charge in [-0.2, -0.15) is 9.19 Å². The molecule has 0 aliphatic heterocycles. The van der Waals surface area contributed by atoms with Crippen LogP contribution in [0.5, 0.6) is 0 Å². The molecule has 0 radical (unpaired) electrons. The van der Waals surface area contributed by atoms with E-state index >= 15 is 0 Å². The Morgan fingerprint density at radius 1 is 1.60 bits per heavy atom. The van der Waals surface area contributed by atoms with E-state index < -0.39 is 0 Å². The van der Waals surface area contributed by atoms with E-state index in [-0.39, 0.29) is 12.3 Å². The van der Waals surface area contributed by atoms with Crippen LogP contribution >= 0.6 is 12.3 Å². The van der Waals surface area contributed by atoms with Gasteiger partial charge < -0.3 is 0 Å². The summed E-state index contributed by atoms with van der Waals surface area (Å²) in [5, 5.41) is 3.64. The third-order valence-corrected chi connectivity index (χ3v) is 1.10. The lowest BCUT2D eigenvalue weighted by Gasteiger charge is -1.81. The first-order valence-electron chi connectivity index (χ1n) is 3.13. The molecule has 0 aromatic carbocycles. The summed E-state index contributed by atoms with van der Waals surface area (Å²) in [7, 11) is 0. The molecule has 0 saturated carbocycles. The molecule has 0 N–H and O–H groups in total. The van der Waals surface area contributed by atoms with Crippen LogP contribution in [0, 0.1) is 6.92 Å². The largest absolute Gasteiger partial charge is 0.187 e. The molecular weight excluding hydrogens is 151 g/mol. The van der Waals surface area contributed by atoms with Gasteiger partial charge in [-0.15, -0.1) is 3.89 Å². The molecule has 0 spiro atoms. The predicted molar refractivity (Wildman–Crippen MR) is 42.4 cm³/mol. The van der Waals surface area contributed by atoms with Crippen molar-refractivity contribution in [3.8, 4) is 0 Å². The maximum Gasteiger partial charge on any atom is 0.187 e. The Morgan fingerprint density at radius 3 is 2.40 bits per heavy atom. The maximum absolute atomic E-state index is 11.6. The summed E-state index contributed by atoms with van der Waals surface area (Å²) in [5.74, 6) is 0. The molecule has 2 nitrogen and oxygen atoms in total. The Bertz CT molecular complexity index is 176. The van der Waals surface area contributed by atoms with Crippen molar-refractivity contribution in [3.05, 3.63) is 18.0 Å². The zero-order valence-corrected chi connectivity index (χ0v) is 7.15. The van der Waals surface area contributed by atoms with Gasteiger partial charge in [0.15, 0.2) is 12.3 Å². The third kappa shape index (κ3) is 2.87. The summed E-state index contributed by atoms with van der Waals surface area (Å²) in [5.41, 5.74) is 0.968. The molecule has 1 rings (SSSR count). The summed E-state index contributed by atoms with van der Waals surface area (Å²) in [4.78, 5) is 0. The summed E-state index contributed by atoms with van der Waals surface area (Å²) < 4.78 is 12.7. The maximum atomic E-state index is 11.6. The van der Waals surface area contributed by atoms with E-state index in [4.69, 9.17) is 0 Å². The molecule has 4 heteroatoms. The van der Waals surface area contributed by atoms with Gasteiger partial charge in [0.2, 0.25) is 0 Å². The summed E-state index contributed by atoms with van der Waals surface area (Å²) in [6, 6.07) is 0. The van der Waals surface area contributed by atoms with Crippen LogP contribution in [0.25, 0.3) is 0 Å². The Labute approximate surface area is 64.9 Å². The number of hydrogen-bond acceptors (Lipinski definition) is 2. The van der Waals surface area contributed by atoms with E-state index in [9.17, 15) is 3.89 Å². The van der Waals surface area contributed by atoms with Gasteiger partial charge >= 0.3 is 0 Å². The van der Waals surface area contributed by atoms with Crippen LogP contribution in [0.15, 0.2) is 12.4 Å². The normalized spacial score (nSPS) is 8.40. The standard InChI is InChI=1S/C4H5FN2S.C2H6/c1-4-2-6-7(3-4)8-5;1-2/h2-3H,1H3;1-2H3. The van der Waals surface area contributed by atoms with Crippen LogP contribution in [-0.4, -0.2) is 9.19 Å². The Kier molecular flexibility index (Phi) is 5.02. The fraction of sp³-hybridized carbons (Fsp3) is 0.500. The summed E-state index contributed by atoms with van der Waals surface area (Å²) >= 11 is 0.0952. The quantitative estimate of drug-likeness (QED) is 0.631. The topological polar surface area (TPSA) is 17.8 Å². The smallest absolute Gasteiger partial charge is 0.184 e. The molecule has 0 aliphatic rings. The van der Waals surface area contributed by atoms with Crippen molar-refractivity contribution in [1.82, 2.24) is 9.19 Å². The van der Waals surface area contributed by atoms with Crippen molar-refractivity contribution in [3.63, 3.8) is 0 Å². The number of rotatable bonds is 1. The second-order valence-corrected chi connectivity index (χ2v) is 2.00. The van der Waals surface area contributed by atoms with Crippen molar-refractivity contribution < 1.29 is 3.89 Å². The third-order valence-electron chi connectivity index (χ3n) is 0.760. The lowest BCUT2D eigenvalue weighted by Crippen LogP contribution is -1.78. The number of hydrogen-bond donors (Lipinski definition) is 0. The Balaban J connectivity index is 0.000000371. The van der Waals surface area contributed by atoms with E-state index in [1.54, 1.807) is 12.4 Å². The molecule has 10 heavy (non-hydrogen) atoms. The highest BCUT2D eigenvalue weighted by Gasteiger charge is 1.89. The molecule has 1 aromatic heterocycles. The highest BCUT2D eigenvalue weighted by Crippen LogP contribution is 2.05. The fourth-order valence-corrected chi connectivity index (χ4v) is 0.715. The van der Waals surface area contributed by atoms with Crippen LogP contribution in [0.3, 0.4) is 0 Å². The first kappa shape index (κ1) is 9.49. The monoisotopic (exact) mass is 162 g/mol. The molecule has 0 saturated heterocycles. The molecule has 0 atom stereocenters. The molecule has 0 fully saturated rings. The summed E-state index contributed by atoms with van der Waals surface area (Å²) in [6.07, 6.45) is 3.22. The van der Waals surface area contributed by atoms with Crippen LogP contribution in [0.4, 0.5) is 3.89 Å². The average molecular weight is 162 g/mol. The molecule has 0 bridgehead atoms. The van der Waals surface area contributed by atoms with Crippen LogP contribution in [-0.2, 0) is 0 Å². The molecule has 1 heterocycles. The highest BCUT2D eigenvalue weighted by atomic mass is 32.2. The Hall–Kier alpha value is -0.510. The minimum atomic E-state index is 0.0952. The number of aromatic nitrogens is 2. The van der Waals surface area contributed by atoms with E-state index in [0.29, 0.717) is 0 Å². The van der Waals surface area contributed by atoms with Gasteiger partial charge in [-0.3, -0.25) is 0 Å². The number of aryl methyl sites for hydroxylation is 1. The van der Waals surface area contributed by atoms with Crippen molar-refractivity contribution in [1.29, 1.82) is 0 Å². The molecule has 58 valence electrons. The van der Waals surface area contributed by atoms with Crippen molar-refractivity contribution in [2.45, 2.75) is 20.8 Å². The van der Waals surface area contributed by atoms with Crippen LogP contribution in [0.1, 0.15) is 19.4 Å². The van der Waals surface area contributed by atoms with Gasteiger partial charge in [-0.05, 0) is 12.5 Å². The van der Waals surface area contributed by atoms with Gasteiger partial charge in [-0.25, -0.2) is 0 Å². The minimum Gasteiger partial charge on any atom is -0.184 e. The Morgan fingerprint density at radius 2 is 2.20 bits per heavy atom. The average Bonchev–Trinajstić information content (AvgIpc) is 2.40. The lowest BCUT2D eigenvalue weighted by atomic mass is 10.4. The SMILES string of the molecule is CC.Cc1cnn(SF)c1. The molecule has 1 aromatic rings. The van der Waals surface area contributed by atoms with Crippen molar-refractivity contribution in [2.75, 3.05) is 0 Å². The fourth-order valence-electron chi connectivity index (χ4n) is 0.427. The van der Waals surface area contributed by atoms with Gasteiger partial charge in [-0.1, -0.05) is 13.8 Å². The highest BCUT2D eigenvalue weighted by molar-refractivity contribution is 7.92. The molecular formula is C6H11FN2S. The first-order chi connectivity index (χ1) is 4.83. The van der Waals surface area contributed by atoms with Gasteiger partial charge in [0.05, 0.1) is 6.20 Å². The van der Waals surface area contributed by atoms with Gasteiger partial charge in [0, 0.05) is 6.20 Å². The second-order valence-electron chi connectivity index (χ2n) is 1.49. The van der Waals surface area contributed by atoms with Crippen molar-refractivity contribution >= 4 is 12.3 Å². The van der Waals surface area contributed by atoms with Gasteiger partial charge in [0.1, 0.15) is 0 Å². The number of halogens is 1. The van der Waals surface area contributed by atoms with Crippen LogP contribution < -0.4 is 0 Å². The van der Waals surface area contributed by atoms with E-state index in [2.05, 4.69) is 5.10 Å². The van der Waals surface area contributed by atoms with E-state index in [0.717, 1.165) is 9.65 Å². The molecule has 0 aliphatic carbocycles. The minimum absolute atomic E-state index is 0.0952. The summed E-state index contributed by atoms with van der Waals surface area (Å²) in [6.45, 7) is 5.86. The molecule has 0 amide bonds. The van der Waals surface area contributed by atoms with Crippen LogP contribution in [0.2, 0.25) is 0 Å². The van der Waals surface area contributed by atoms with Gasteiger partial charge in [0.25, 0.3) is 0 Å². The number of nitrogens with zero attached hydrogens (tertiary/aromatic N) is 2. The zero-order valence-electron chi connectivity index (χ0n) is 6.34. The van der Waals surface area contributed by atoms with E-state index in [1.165, 1.54) is 0 Å². The van der Waals surface area contributed by atoms with E-state index in [1.807, 2.05) is 20.8 Å².